The summed E-state index contributed by atoms with van der Waals surface area (Å²) < 4.78 is 44.1. The van der Waals surface area contributed by atoms with E-state index in [9.17, 15) is 13.2 Å². The van der Waals surface area contributed by atoms with Crippen LogP contribution >= 0.6 is 0 Å². The molecule has 4 rings (SSSR count). The Morgan fingerprint density at radius 1 is 0.793 bits per heavy atom. The Hall–Kier alpha value is -2.69. The molecule has 8 nitrogen and oxygen atoms in total. The zero-order chi connectivity index (χ0) is 20.4. The molecule has 0 atom stereocenters. The molecule has 0 radical (unpaired) electrons. The van der Waals surface area contributed by atoms with Crippen LogP contribution in [0.5, 0.6) is 0 Å². The first kappa shape index (κ1) is 19.6. The van der Waals surface area contributed by atoms with E-state index in [0.29, 0.717) is 51.0 Å². The minimum absolute atomic E-state index is 0.292. The molecular weight excluding hydrogens is 387 g/mol. The van der Waals surface area contributed by atoms with Crippen LogP contribution in [0.3, 0.4) is 0 Å². The van der Waals surface area contributed by atoms with Crippen LogP contribution in [0.1, 0.15) is 11.5 Å². The van der Waals surface area contributed by atoms with Gasteiger partial charge in [0.15, 0.2) is 0 Å². The Balaban J connectivity index is 1.45. The molecule has 0 bridgehead atoms. The van der Waals surface area contributed by atoms with Crippen molar-refractivity contribution in [1.29, 1.82) is 0 Å². The van der Waals surface area contributed by atoms with E-state index in [2.05, 4.69) is 29.7 Å². The van der Waals surface area contributed by atoms with E-state index in [-0.39, 0.29) is 0 Å². The van der Waals surface area contributed by atoms with Gasteiger partial charge in [-0.05, 0) is 6.92 Å². The van der Waals surface area contributed by atoms with Gasteiger partial charge in [-0.3, -0.25) is 0 Å². The largest absolute Gasteiger partial charge is 0.433 e. The predicted molar refractivity (Wildman–Crippen MR) is 101 cm³/mol. The number of alkyl halides is 3. The molecule has 4 heterocycles. The molecule has 2 saturated heterocycles. The molecule has 29 heavy (non-hydrogen) atoms. The second-order valence-corrected chi connectivity index (χ2v) is 6.96. The van der Waals surface area contributed by atoms with E-state index in [1.807, 2.05) is 17.9 Å². The maximum atomic E-state index is 12.9. The van der Waals surface area contributed by atoms with Gasteiger partial charge >= 0.3 is 6.18 Å². The third-order valence-electron chi connectivity index (χ3n) is 5.02. The molecule has 0 unspecified atom stereocenters. The van der Waals surface area contributed by atoms with Crippen molar-refractivity contribution in [2.75, 3.05) is 67.2 Å². The highest BCUT2D eigenvalue weighted by Crippen LogP contribution is 2.29. The topological polar surface area (TPSA) is 70.5 Å². The molecule has 0 saturated carbocycles. The Morgan fingerprint density at radius 3 is 1.93 bits per heavy atom. The van der Waals surface area contributed by atoms with Crippen LogP contribution in [0, 0.1) is 6.92 Å². The summed E-state index contributed by atoms with van der Waals surface area (Å²) in [4.78, 5) is 22.6. The minimum Gasteiger partial charge on any atom is -0.378 e. The minimum atomic E-state index is -4.48. The standard InChI is InChI=1S/C18H22F3N7O/c1-13-24-16(11-17(25-13)28-6-8-29-9-7-28)27-4-2-26(3-5-27)15-10-14(18(19,20)21)22-12-23-15/h10-12H,2-9H2,1H3. The van der Waals surface area contributed by atoms with Gasteiger partial charge in [0.2, 0.25) is 0 Å². The number of hydrogen-bond acceptors (Lipinski definition) is 8. The summed E-state index contributed by atoms with van der Waals surface area (Å²) in [6, 6.07) is 2.97. The van der Waals surface area contributed by atoms with Crippen molar-refractivity contribution < 1.29 is 17.9 Å². The van der Waals surface area contributed by atoms with Crippen LogP contribution in [0.15, 0.2) is 18.5 Å². The Bertz CT molecular complexity index is 850. The van der Waals surface area contributed by atoms with Gasteiger partial charge in [-0.15, -0.1) is 0 Å². The van der Waals surface area contributed by atoms with Crippen LogP contribution in [0.2, 0.25) is 0 Å². The second-order valence-electron chi connectivity index (χ2n) is 6.96. The van der Waals surface area contributed by atoms with Crippen molar-refractivity contribution in [3.63, 3.8) is 0 Å². The van der Waals surface area contributed by atoms with Gasteiger partial charge in [0.1, 0.15) is 35.3 Å². The lowest BCUT2D eigenvalue weighted by Gasteiger charge is -2.36. The Labute approximate surface area is 166 Å². The third kappa shape index (κ3) is 4.50. The molecule has 0 aromatic carbocycles. The highest BCUT2D eigenvalue weighted by atomic mass is 19.4. The quantitative estimate of drug-likeness (QED) is 0.760. The number of piperazine rings is 1. The van der Waals surface area contributed by atoms with Crippen LogP contribution in [0.25, 0.3) is 0 Å². The molecule has 0 amide bonds. The number of aromatic nitrogens is 4. The SMILES string of the molecule is Cc1nc(N2CCOCC2)cc(N2CCN(c3cc(C(F)(F)F)ncn3)CC2)n1. The first-order valence-electron chi connectivity index (χ1n) is 9.48. The van der Waals surface area contributed by atoms with Crippen molar-refractivity contribution in [2.45, 2.75) is 13.1 Å². The van der Waals surface area contributed by atoms with Crippen molar-refractivity contribution in [3.05, 3.63) is 30.0 Å². The molecule has 156 valence electrons. The number of ether oxygens (including phenoxy) is 1. The van der Waals surface area contributed by atoms with Gasteiger partial charge in [-0.1, -0.05) is 0 Å². The van der Waals surface area contributed by atoms with Crippen molar-refractivity contribution >= 4 is 17.5 Å². The third-order valence-corrected chi connectivity index (χ3v) is 5.02. The highest BCUT2D eigenvalue weighted by molar-refractivity contribution is 5.53. The number of rotatable bonds is 3. The van der Waals surface area contributed by atoms with Gasteiger partial charge in [0, 0.05) is 51.4 Å². The molecule has 0 N–H and O–H groups in total. The molecule has 2 fully saturated rings. The van der Waals surface area contributed by atoms with Crippen LogP contribution in [-0.4, -0.2) is 72.4 Å². The van der Waals surface area contributed by atoms with Gasteiger partial charge in [0.05, 0.1) is 13.2 Å². The molecule has 2 aromatic heterocycles. The number of anilines is 3. The molecule has 2 aliphatic rings. The monoisotopic (exact) mass is 409 g/mol. The summed E-state index contributed by atoms with van der Waals surface area (Å²) >= 11 is 0. The van der Waals surface area contributed by atoms with E-state index in [0.717, 1.165) is 37.1 Å². The number of aryl methyl sites for hydroxylation is 1. The van der Waals surface area contributed by atoms with E-state index in [1.165, 1.54) is 0 Å². The molecule has 2 aliphatic heterocycles. The fourth-order valence-electron chi connectivity index (χ4n) is 3.49. The lowest BCUT2D eigenvalue weighted by Crippen LogP contribution is -2.47. The molecule has 2 aromatic rings. The average Bonchev–Trinajstić information content (AvgIpc) is 2.73. The van der Waals surface area contributed by atoms with Crippen LogP contribution in [0.4, 0.5) is 30.6 Å². The summed E-state index contributed by atoms with van der Waals surface area (Å²) in [6.45, 7) is 7.15. The summed E-state index contributed by atoms with van der Waals surface area (Å²) in [5.41, 5.74) is -0.925. The first-order chi connectivity index (χ1) is 13.9. The van der Waals surface area contributed by atoms with Crippen molar-refractivity contribution in [3.8, 4) is 0 Å². The number of nitrogens with zero attached hydrogens (tertiary/aromatic N) is 7. The smallest absolute Gasteiger partial charge is 0.378 e. The lowest BCUT2D eigenvalue weighted by molar-refractivity contribution is -0.141. The van der Waals surface area contributed by atoms with E-state index in [4.69, 9.17) is 4.74 Å². The predicted octanol–water partition coefficient (Wildman–Crippen LogP) is 1.76. The molecule has 0 spiro atoms. The summed E-state index contributed by atoms with van der Waals surface area (Å²) in [5, 5.41) is 0. The lowest BCUT2D eigenvalue weighted by atomic mass is 10.2. The first-order valence-corrected chi connectivity index (χ1v) is 9.48. The summed E-state index contributed by atoms with van der Waals surface area (Å²) in [6.07, 6.45) is -3.51. The zero-order valence-corrected chi connectivity index (χ0v) is 16.1. The summed E-state index contributed by atoms with van der Waals surface area (Å²) in [7, 11) is 0. The maximum absolute atomic E-state index is 12.9. The van der Waals surface area contributed by atoms with E-state index >= 15 is 0 Å². The zero-order valence-electron chi connectivity index (χ0n) is 16.1. The highest BCUT2D eigenvalue weighted by Gasteiger charge is 2.33. The van der Waals surface area contributed by atoms with Crippen LogP contribution < -0.4 is 14.7 Å². The number of hydrogen-bond donors (Lipinski definition) is 0. The number of morpholine rings is 1. The van der Waals surface area contributed by atoms with Gasteiger partial charge in [-0.2, -0.15) is 13.2 Å². The fourth-order valence-corrected chi connectivity index (χ4v) is 3.49. The average molecular weight is 409 g/mol. The van der Waals surface area contributed by atoms with E-state index < -0.39 is 11.9 Å². The van der Waals surface area contributed by atoms with Crippen molar-refractivity contribution in [2.24, 2.45) is 0 Å². The van der Waals surface area contributed by atoms with Gasteiger partial charge < -0.3 is 19.4 Å². The molecule has 0 aliphatic carbocycles. The molecule has 11 heteroatoms. The maximum Gasteiger partial charge on any atom is 0.433 e. The normalized spacial score (nSPS) is 18.3. The number of halogens is 3. The summed E-state index contributed by atoms with van der Waals surface area (Å²) in [5.74, 6) is 2.69. The fraction of sp³-hybridized carbons (Fsp3) is 0.556. The van der Waals surface area contributed by atoms with Gasteiger partial charge in [-0.25, -0.2) is 19.9 Å². The Kier molecular flexibility index (Phi) is 5.39. The Morgan fingerprint density at radius 2 is 1.34 bits per heavy atom. The molecular formula is C18H22F3N7O. The second kappa shape index (κ2) is 7.97. The van der Waals surface area contributed by atoms with Crippen molar-refractivity contribution in [1.82, 2.24) is 19.9 Å². The van der Waals surface area contributed by atoms with Gasteiger partial charge in [0.25, 0.3) is 0 Å². The van der Waals surface area contributed by atoms with Crippen LogP contribution in [-0.2, 0) is 10.9 Å². The van der Waals surface area contributed by atoms with E-state index in [1.54, 1.807) is 0 Å².